The minimum absolute atomic E-state index is 0.445. The molecule has 0 saturated carbocycles. The number of nitrogens with two attached hydrogens (primary N) is 1. The highest BCUT2D eigenvalue weighted by molar-refractivity contribution is 9.15. The normalized spacial score (nSPS) is 9.14. The summed E-state index contributed by atoms with van der Waals surface area (Å²) in [4.78, 5) is 0. The molecule has 0 aliphatic carbocycles. The largest absolute Gasteiger partial charge is 0.397 e. The number of nitriles is 1. The molecule has 3 heteroatoms. The van der Waals surface area contributed by atoms with Gasteiger partial charge in [-0.25, -0.2) is 0 Å². The molecular formula is C11H9BrN2. The van der Waals surface area contributed by atoms with E-state index >= 15 is 0 Å². The molecule has 0 fully saturated rings. The van der Waals surface area contributed by atoms with Crippen LogP contribution in [0.2, 0.25) is 0 Å². The Bertz CT molecular complexity index is 441. The number of benzene rings is 1. The second-order valence-corrected chi connectivity index (χ2v) is 3.67. The zero-order valence-corrected chi connectivity index (χ0v) is 9.13. The Morgan fingerprint density at radius 2 is 2.21 bits per heavy atom. The number of hydrogen-bond donors (Lipinski definition) is 1. The van der Waals surface area contributed by atoms with Crippen molar-refractivity contribution in [1.82, 2.24) is 0 Å². The molecule has 0 atom stereocenters. The van der Waals surface area contributed by atoms with Crippen molar-refractivity contribution in [2.75, 3.05) is 5.73 Å². The Balaban J connectivity index is 3.53. The highest BCUT2D eigenvalue weighted by Crippen LogP contribution is 2.29. The second kappa shape index (κ2) is 4.12. The first-order valence-corrected chi connectivity index (χ1v) is 4.71. The molecule has 0 unspecified atom stereocenters. The van der Waals surface area contributed by atoms with Crippen molar-refractivity contribution in [2.24, 2.45) is 0 Å². The van der Waals surface area contributed by atoms with Crippen LogP contribution in [0.3, 0.4) is 0 Å². The monoisotopic (exact) mass is 248 g/mol. The Hall–Kier alpha value is -1.53. The van der Waals surface area contributed by atoms with Crippen LogP contribution in [0.5, 0.6) is 0 Å². The summed E-state index contributed by atoms with van der Waals surface area (Å²) in [6, 6.07) is 5.48. The van der Waals surface area contributed by atoms with Gasteiger partial charge in [-0.05, 0) is 11.6 Å². The summed E-state index contributed by atoms with van der Waals surface area (Å²) in [6.45, 7) is 7.42. The van der Waals surface area contributed by atoms with Crippen LogP contribution < -0.4 is 5.73 Å². The molecule has 0 aromatic heterocycles. The first-order valence-electron chi connectivity index (χ1n) is 3.91. The van der Waals surface area contributed by atoms with Gasteiger partial charge in [0.2, 0.25) is 0 Å². The molecule has 0 heterocycles. The van der Waals surface area contributed by atoms with Gasteiger partial charge >= 0.3 is 0 Å². The first kappa shape index (κ1) is 10.6. The standard InChI is InChI=1S/C11H9BrN2/c1-3-9-10(7(2)12)5-4-8(6-13)11(9)14/h3-5H,1-2,14H2. The van der Waals surface area contributed by atoms with Crippen LogP contribution in [0.1, 0.15) is 16.7 Å². The number of nitrogens with zero attached hydrogens (tertiary/aromatic N) is 1. The average Bonchev–Trinajstić information content (AvgIpc) is 2.17. The molecule has 0 aliphatic rings. The Morgan fingerprint density at radius 1 is 1.57 bits per heavy atom. The molecule has 1 aromatic rings. The van der Waals surface area contributed by atoms with Gasteiger partial charge in [-0.1, -0.05) is 41.2 Å². The SMILES string of the molecule is C=Cc1c(C(=C)Br)ccc(C#N)c1N. The van der Waals surface area contributed by atoms with Crippen molar-refractivity contribution in [2.45, 2.75) is 0 Å². The minimum atomic E-state index is 0.445. The Kier molecular flexibility index (Phi) is 3.10. The van der Waals surface area contributed by atoms with Gasteiger partial charge < -0.3 is 5.73 Å². The molecule has 14 heavy (non-hydrogen) atoms. The van der Waals surface area contributed by atoms with E-state index < -0.39 is 0 Å². The van der Waals surface area contributed by atoms with Crippen molar-refractivity contribution < 1.29 is 0 Å². The zero-order valence-electron chi connectivity index (χ0n) is 7.55. The molecule has 2 N–H and O–H groups in total. The van der Waals surface area contributed by atoms with E-state index in [1.54, 1.807) is 18.2 Å². The third-order valence-corrected chi connectivity index (χ3v) is 2.33. The van der Waals surface area contributed by atoms with Gasteiger partial charge in [0.1, 0.15) is 6.07 Å². The number of hydrogen-bond acceptors (Lipinski definition) is 2. The highest BCUT2D eigenvalue weighted by Gasteiger charge is 2.08. The molecule has 0 radical (unpaired) electrons. The lowest BCUT2D eigenvalue weighted by Crippen LogP contribution is -1.97. The molecule has 70 valence electrons. The Labute approximate surface area is 91.5 Å². The molecule has 0 saturated heterocycles. The fourth-order valence-corrected chi connectivity index (χ4v) is 1.54. The quantitative estimate of drug-likeness (QED) is 0.818. The number of anilines is 1. The summed E-state index contributed by atoms with van der Waals surface area (Å²) in [5.74, 6) is 0. The van der Waals surface area contributed by atoms with Crippen LogP contribution in [-0.2, 0) is 0 Å². The van der Waals surface area contributed by atoms with Gasteiger partial charge in [-0.3, -0.25) is 0 Å². The summed E-state index contributed by atoms with van der Waals surface area (Å²) in [7, 11) is 0. The van der Waals surface area contributed by atoms with Gasteiger partial charge in [-0.2, -0.15) is 5.26 Å². The predicted molar refractivity (Wildman–Crippen MR) is 63.6 cm³/mol. The Morgan fingerprint density at radius 3 is 2.64 bits per heavy atom. The molecule has 2 nitrogen and oxygen atoms in total. The summed E-state index contributed by atoms with van der Waals surface area (Å²) >= 11 is 3.27. The van der Waals surface area contributed by atoms with E-state index in [0.29, 0.717) is 11.3 Å². The maximum absolute atomic E-state index is 8.77. The third-order valence-electron chi connectivity index (χ3n) is 1.90. The molecular weight excluding hydrogens is 240 g/mol. The van der Waals surface area contributed by atoms with Crippen molar-refractivity contribution in [3.8, 4) is 6.07 Å². The summed E-state index contributed by atoms with van der Waals surface area (Å²) in [6.07, 6.45) is 1.62. The van der Waals surface area contributed by atoms with E-state index in [9.17, 15) is 0 Å². The first-order chi connectivity index (χ1) is 6.61. The van der Waals surface area contributed by atoms with E-state index in [-0.39, 0.29) is 0 Å². The lowest BCUT2D eigenvalue weighted by atomic mass is 10.0. The summed E-state index contributed by atoms with van der Waals surface area (Å²) in [5, 5.41) is 8.77. The number of halogens is 1. The van der Waals surface area contributed by atoms with Crippen molar-refractivity contribution in [1.29, 1.82) is 5.26 Å². The summed E-state index contributed by atoms with van der Waals surface area (Å²) < 4.78 is 0.726. The van der Waals surface area contributed by atoms with Gasteiger partial charge in [-0.15, -0.1) is 0 Å². The molecule has 1 aromatic carbocycles. The van der Waals surface area contributed by atoms with Gasteiger partial charge in [0.05, 0.1) is 11.3 Å². The topological polar surface area (TPSA) is 49.8 Å². The molecule has 0 bridgehead atoms. The molecule has 0 amide bonds. The predicted octanol–water partition coefficient (Wildman–Crippen LogP) is 3.15. The number of nitrogen functional groups attached to an aromatic ring is 1. The second-order valence-electron chi connectivity index (χ2n) is 2.71. The lowest BCUT2D eigenvalue weighted by Gasteiger charge is -2.08. The van der Waals surface area contributed by atoms with Crippen LogP contribution >= 0.6 is 15.9 Å². The fraction of sp³-hybridized carbons (Fsp3) is 0. The van der Waals surface area contributed by atoms with Crippen LogP contribution in [0.4, 0.5) is 5.69 Å². The average molecular weight is 249 g/mol. The number of rotatable bonds is 2. The minimum Gasteiger partial charge on any atom is -0.397 e. The summed E-state index contributed by atoms with van der Waals surface area (Å²) in [5.41, 5.74) is 8.29. The zero-order chi connectivity index (χ0) is 10.7. The van der Waals surface area contributed by atoms with Crippen molar-refractivity contribution in [3.63, 3.8) is 0 Å². The smallest absolute Gasteiger partial charge is 0.101 e. The third kappa shape index (κ3) is 1.70. The highest BCUT2D eigenvalue weighted by atomic mass is 79.9. The van der Waals surface area contributed by atoms with Crippen LogP contribution in [-0.4, -0.2) is 0 Å². The molecule has 0 aliphatic heterocycles. The lowest BCUT2D eigenvalue weighted by molar-refractivity contribution is 1.47. The van der Waals surface area contributed by atoms with Gasteiger partial charge in [0.25, 0.3) is 0 Å². The van der Waals surface area contributed by atoms with Crippen molar-refractivity contribution >= 4 is 32.2 Å². The maximum atomic E-state index is 8.77. The van der Waals surface area contributed by atoms with E-state index in [0.717, 1.165) is 15.6 Å². The van der Waals surface area contributed by atoms with Crippen LogP contribution in [0, 0.1) is 11.3 Å². The van der Waals surface area contributed by atoms with Crippen LogP contribution in [0.25, 0.3) is 10.6 Å². The van der Waals surface area contributed by atoms with Gasteiger partial charge in [0, 0.05) is 10.0 Å². The van der Waals surface area contributed by atoms with E-state index in [4.69, 9.17) is 11.0 Å². The fourth-order valence-electron chi connectivity index (χ4n) is 1.19. The molecule has 0 spiro atoms. The van der Waals surface area contributed by atoms with E-state index in [1.165, 1.54) is 0 Å². The van der Waals surface area contributed by atoms with Crippen molar-refractivity contribution in [3.05, 3.63) is 42.0 Å². The van der Waals surface area contributed by atoms with E-state index in [2.05, 4.69) is 29.1 Å². The van der Waals surface area contributed by atoms with Gasteiger partial charge in [0.15, 0.2) is 0 Å². The van der Waals surface area contributed by atoms with E-state index in [1.807, 2.05) is 6.07 Å². The van der Waals surface area contributed by atoms with Crippen LogP contribution in [0.15, 0.2) is 25.3 Å². The maximum Gasteiger partial charge on any atom is 0.101 e. The molecule has 1 rings (SSSR count).